The molecule has 0 radical (unpaired) electrons. The summed E-state index contributed by atoms with van der Waals surface area (Å²) in [4.78, 5) is 21.0. The zero-order chi connectivity index (χ0) is 29.1. The Balaban J connectivity index is 1.34. The Morgan fingerprint density at radius 2 is 1.67 bits per heavy atom. The monoisotopic (exact) mass is 572 g/mol. The molecule has 2 aliphatic heterocycles. The van der Waals surface area contributed by atoms with Gasteiger partial charge in [-0.2, -0.15) is 9.97 Å². The highest BCUT2D eigenvalue weighted by atomic mass is 19.1. The quantitative estimate of drug-likeness (QED) is 0.255. The van der Waals surface area contributed by atoms with E-state index in [4.69, 9.17) is 9.72 Å². The molecule has 4 heterocycles. The maximum Gasteiger partial charge on any atom is 0.319 e. The second kappa shape index (κ2) is 10.4. The molecule has 220 valence electrons. The van der Waals surface area contributed by atoms with Crippen LogP contribution in [0.3, 0.4) is 0 Å². The third-order valence-electron chi connectivity index (χ3n) is 10.2. The first-order chi connectivity index (χ1) is 20.3. The van der Waals surface area contributed by atoms with E-state index in [0.29, 0.717) is 34.1 Å². The Bertz CT molecular complexity index is 1640. The highest BCUT2D eigenvalue weighted by Gasteiger charge is 2.45. The summed E-state index contributed by atoms with van der Waals surface area (Å²) in [6, 6.07) is 10.4. The SMILES string of the molecule is CN(CC1(N(C)C)CCC1)c1nc(OCC23CCCN2CCC3)nc2c(F)c(-c3cccc4cccc(F)c34)ncc12. The Kier molecular flexibility index (Phi) is 6.77. The summed E-state index contributed by atoms with van der Waals surface area (Å²) >= 11 is 0. The van der Waals surface area contributed by atoms with Gasteiger partial charge in [-0.1, -0.05) is 30.3 Å². The van der Waals surface area contributed by atoms with Gasteiger partial charge in [-0.05, 0) is 83.6 Å². The molecule has 3 aliphatic rings. The fourth-order valence-corrected chi connectivity index (χ4v) is 7.57. The van der Waals surface area contributed by atoms with Gasteiger partial charge in [0.15, 0.2) is 5.82 Å². The number of pyridine rings is 1. The first-order valence-corrected chi connectivity index (χ1v) is 15.1. The molecule has 1 aliphatic carbocycles. The lowest BCUT2D eigenvalue weighted by Gasteiger charge is -2.49. The molecular formula is C33H38F2N6O. The van der Waals surface area contributed by atoms with Crippen molar-refractivity contribution in [1.29, 1.82) is 0 Å². The van der Waals surface area contributed by atoms with Crippen LogP contribution in [0.2, 0.25) is 0 Å². The highest BCUT2D eigenvalue weighted by Crippen LogP contribution is 2.41. The predicted molar refractivity (Wildman–Crippen MR) is 162 cm³/mol. The third-order valence-corrected chi connectivity index (χ3v) is 10.2. The minimum absolute atomic E-state index is 0.00766. The molecule has 3 fully saturated rings. The molecule has 7 rings (SSSR count). The highest BCUT2D eigenvalue weighted by molar-refractivity contribution is 5.99. The molecule has 2 saturated heterocycles. The number of hydrogen-bond acceptors (Lipinski definition) is 7. The molecule has 0 unspecified atom stereocenters. The summed E-state index contributed by atoms with van der Waals surface area (Å²) in [6.45, 7) is 3.40. The van der Waals surface area contributed by atoms with Gasteiger partial charge in [0.25, 0.3) is 0 Å². The van der Waals surface area contributed by atoms with Crippen molar-refractivity contribution < 1.29 is 13.5 Å². The summed E-state index contributed by atoms with van der Waals surface area (Å²) in [5, 5.41) is 1.54. The molecule has 42 heavy (non-hydrogen) atoms. The molecule has 0 N–H and O–H groups in total. The molecule has 2 aromatic heterocycles. The van der Waals surface area contributed by atoms with Gasteiger partial charge in [0.05, 0.1) is 10.9 Å². The maximum atomic E-state index is 16.6. The van der Waals surface area contributed by atoms with Crippen LogP contribution in [0.4, 0.5) is 14.6 Å². The third kappa shape index (κ3) is 4.40. The molecule has 4 aromatic rings. The fraction of sp³-hybridized carbons (Fsp3) is 0.485. The number of anilines is 1. The van der Waals surface area contributed by atoms with Gasteiger partial charge in [0, 0.05) is 36.3 Å². The van der Waals surface area contributed by atoms with Crippen molar-refractivity contribution >= 4 is 27.5 Å². The van der Waals surface area contributed by atoms with Crippen LogP contribution in [-0.2, 0) is 0 Å². The number of fused-ring (bicyclic) bond motifs is 3. The van der Waals surface area contributed by atoms with Crippen molar-refractivity contribution in [2.24, 2.45) is 0 Å². The fourth-order valence-electron chi connectivity index (χ4n) is 7.57. The first kappa shape index (κ1) is 27.4. The van der Waals surface area contributed by atoms with Crippen LogP contribution in [-0.4, -0.2) is 83.2 Å². The van der Waals surface area contributed by atoms with Gasteiger partial charge in [0.2, 0.25) is 0 Å². The molecule has 1 saturated carbocycles. The van der Waals surface area contributed by atoms with Crippen molar-refractivity contribution in [3.8, 4) is 17.3 Å². The molecule has 7 nitrogen and oxygen atoms in total. The summed E-state index contributed by atoms with van der Waals surface area (Å²) in [5.74, 6) is -0.419. The van der Waals surface area contributed by atoms with E-state index in [1.165, 1.54) is 12.5 Å². The Hall–Kier alpha value is -3.43. The number of likely N-dealkylation sites (N-methyl/N-ethyl adjacent to an activating group) is 2. The van der Waals surface area contributed by atoms with Crippen molar-refractivity contribution in [2.45, 2.75) is 56.0 Å². The van der Waals surface area contributed by atoms with Crippen LogP contribution in [0.15, 0.2) is 42.6 Å². The second-order valence-electron chi connectivity index (χ2n) is 12.7. The topological polar surface area (TPSA) is 57.6 Å². The van der Waals surface area contributed by atoms with Crippen LogP contribution in [0, 0.1) is 11.6 Å². The lowest BCUT2D eigenvalue weighted by Crippen LogP contribution is -2.56. The minimum Gasteiger partial charge on any atom is -0.461 e. The maximum absolute atomic E-state index is 16.6. The van der Waals surface area contributed by atoms with E-state index in [1.54, 1.807) is 24.4 Å². The minimum atomic E-state index is -0.599. The van der Waals surface area contributed by atoms with E-state index in [2.05, 4.69) is 38.8 Å². The first-order valence-electron chi connectivity index (χ1n) is 15.1. The molecule has 0 amide bonds. The van der Waals surface area contributed by atoms with E-state index in [1.807, 2.05) is 19.2 Å². The zero-order valence-electron chi connectivity index (χ0n) is 24.7. The number of halogens is 2. The van der Waals surface area contributed by atoms with Gasteiger partial charge in [-0.3, -0.25) is 9.88 Å². The van der Waals surface area contributed by atoms with Gasteiger partial charge in [-0.15, -0.1) is 0 Å². The molecule has 0 spiro atoms. The summed E-state index contributed by atoms with van der Waals surface area (Å²) < 4.78 is 37.9. The van der Waals surface area contributed by atoms with Crippen molar-refractivity contribution in [3.05, 3.63) is 54.2 Å². The van der Waals surface area contributed by atoms with Crippen LogP contribution >= 0.6 is 0 Å². The number of ether oxygens (including phenoxy) is 1. The zero-order valence-corrected chi connectivity index (χ0v) is 24.7. The summed E-state index contributed by atoms with van der Waals surface area (Å²) in [5.41, 5.74) is 0.644. The number of hydrogen-bond donors (Lipinski definition) is 0. The van der Waals surface area contributed by atoms with Crippen LogP contribution in [0.25, 0.3) is 32.9 Å². The van der Waals surface area contributed by atoms with Crippen LogP contribution in [0.5, 0.6) is 6.01 Å². The van der Waals surface area contributed by atoms with E-state index in [0.717, 1.165) is 58.2 Å². The normalized spacial score (nSPS) is 19.4. The Morgan fingerprint density at radius 1 is 0.929 bits per heavy atom. The van der Waals surface area contributed by atoms with Crippen molar-refractivity contribution in [3.63, 3.8) is 0 Å². The summed E-state index contributed by atoms with van der Waals surface area (Å²) in [7, 11) is 6.23. The van der Waals surface area contributed by atoms with Gasteiger partial charge < -0.3 is 14.5 Å². The Morgan fingerprint density at radius 3 is 2.36 bits per heavy atom. The Labute approximate surface area is 245 Å². The molecular weight excluding hydrogens is 534 g/mol. The number of nitrogens with zero attached hydrogens (tertiary/aromatic N) is 6. The van der Waals surface area contributed by atoms with E-state index in [9.17, 15) is 0 Å². The van der Waals surface area contributed by atoms with E-state index < -0.39 is 11.6 Å². The number of benzene rings is 2. The van der Waals surface area contributed by atoms with Crippen LogP contribution < -0.4 is 9.64 Å². The standard InChI is InChI=1S/C33H38F2N6O/c1-39(2)32(13-6-14-32)20-40(3)30-24-19-36-28(23-11-4-9-22-10-5-12-25(34)26(22)23)27(35)29(24)37-31(38-30)42-21-33-15-7-17-41(33)18-8-16-33/h4-5,9-12,19H,6-8,13-18,20-21H2,1-3H3. The average molecular weight is 573 g/mol. The van der Waals surface area contributed by atoms with Crippen molar-refractivity contribution in [1.82, 2.24) is 24.8 Å². The molecule has 2 aromatic carbocycles. The van der Waals surface area contributed by atoms with Crippen molar-refractivity contribution in [2.75, 3.05) is 52.3 Å². The molecule has 9 heteroatoms. The number of rotatable bonds is 8. The van der Waals surface area contributed by atoms with Gasteiger partial charge in [0.1, 0.15) is 29.5 Å². The second-order valence-corrected chi connectivity index (χ2v) is 12.7. The lowest BCUT2D eigenvalue weighted by atomic mass is 9.75. The smallest absolute Gasteiger partial charge is 0.319 e. The van der Waals surface area contributed by atoms with E-state index in [-0.39, 0.29) is 28.3 Å². The average Bonchev–Trinajstić information content (AvgIpc) is 3.54. The predicted octanol–water partition coefficient (Wildman–Crippen LogP) is 6.05. The van der Waals surface area contributed by atoms with Gasteiger partial charge in [-0.25, -0.2) is 8.78 Å². The largest absolute Gasteiger partial charge is 0.461 e. The lowest BCUT2D eigenvalue weighted by molar-refractivity contribution is 0.0681. The summed E-state index contributed by atoms with van der Waals surface area (Å²) in [6.07, 6.45) is 9.51. The number of aromatic nitrogens is 3. The molecule has 0 bridgehead atoms. The van der Waals surface area contributed by atoms with Crippen LogP contribution in [0.1, 0.15) is 44.9 Å². The van der Waals surface area contributed by atoms with Gasteiger partial charge >= 0.3 is 6.01 Å². The van der Waals surface area contributed by atoms with E-state index >= 15 is 8.78 Å². The molecule has 0 atom stereocenters.